The Morgan fingerprint density at radius 1 is 1.04 bits per heavy atom. The van der Waals surface area contributed by atoms with Crippen molar-refractivity contribution in [3.63, 3.8) is 0 Å². The zero-order valence-electron chi connectivity index (χ0n) is 12.3. The Hall–Kier alpha value is -2.89. The fourth-order valence-corrected chi connectivity index (χ4v) is 2.44. The average molecular weight is 315 g/mol. The summed E-state index contributed by atoms with van der Waals surface area (Å²) in [7, 11) is 1.55. The molecule has 2 atom stereocenters. The van der Waals surface area contributed by atoms with Crippen molar-refractivity contribution in [2.75, 3.05) is 12.0 Å². The highest BCUT2D eigenvalue weighted by molar-refractivity contribution is 6.10. The van der Waals surface area contributed by atoms with Crippen molar-refractivity contribution in [2.45, 2.75) is 12.1 Å². The third-order valence-electron chi connectivity index (χ3n) is 3.66. The van der Waals surface area contributed by atoms with E-state index in [9.17, 15) is 14.0 Å². The molecule has 0 bridgehead atoms. The zero-order chi connectivity index (χ0) is 16.4. The van der Waals surface area contributed by atoms with E-state index < -0.39 is 18.0 Å². The van der Waals surface area contributed by atoms with Crippen LogP contribution in [0.1, 0.15) is 0 Å². The molecule has 2 aromatic carbocycles. The molecular formula is C17H14FNO4. The van der Waals surface area contributed by atoms with Gasteiger partial charge in [0.2, 0.25) is 6.10 Å². The van der Waals surface area contributed by atoms with Crippen LogP contribution in [0, 0.1) is 5.82 Å². The maximum atomic E-state index is 12.9. The fraction of sp³-hybridized carbons (Fsp3) is 0.176. The van der Waals surface area contributed by atoms with Crippen molar-refractivity contribution in [1.29, 1.82) is 0 Å². The van der Waals surface area contributed by atoms with Gasteiger partial charge >= 0.3 is 0 Å². The first-order valence-corrected chi connectivity index (χ1v) is 6.98. The number of hydrogen-bond acceptors (Lipinski definition) is 4. The lowest BCUT2D eigenvalue weighted by Gasteiger charge is -2.43. The van der Waals surface area contributed by atoms with E-state index in [1.807, 2.05) is 0 Å². The molecule has 0 spiro atoms. The number of hydrogen-bond donors (Lipinski definition) is 0. The molecule has 6 heteroatoms. The summed E-state index contributed by atoms with van der Waals surface area (Å²) in [5, 5.41) is 0. The fourth-order valence-electron chi connectivity index (χ4n) is 2.44. The highest BCUT2D eigenvalue weighted by Gasteiger charge is 2.50. The van der Waals surface area contributed by atoms with Crippen LogP contribution >= 0.6 is 0 Å². The number of methoxy groups -OCH3 is 1. The van der Waals surface area contributed by atoms with Crippen LogP contribution in [0.4, 0.5) is 10.1 Å². The number of nitrogens with zero attached hydrogens (tertiary/aromatic N) is 1. The Bertz CT molecular complexity index is 714. The number of halogens is 1. The van der Waals surface area contributed by atoms with Gasteiger partial charge in [0.25, 0.3) is 5.91 Å². The number of carbonyl (C=O) groups is 2. The van der Waals surface area contributed by atoms with Crippen LogP contribution in [0.2, 0.25) is 0 Å². The molecule has 1 aliphatic heterocycles. The molecule has 0 saturated carbocycles. The lowest BCUT2D eigenvalue weighted by atomic mass is 9.97. The van der Waals surface area contributed by atoms with E-state index in [2.05, 4.69) is 0 Å². The van der Waals surface area contributed by atoms with Crippen molar-refractivity contribution in [3.05, 3.63) is 54.3 Å². The van der Waals surface area contributed by atoms with Gasteiger partial charge in [-0.25, -0.2) is 4.39 Å². The first kappa shape index (κ1) is 15.0. The molecule has 1 fully saturated rings. The number of ether oxygens (including phenoxy) is 2. The molecule has 0 unspecified atom stereocenters. The minimum absolute atomic E-state index is 0.323. The minimum atomic E-state index is -0.903. The van der Waals surface area contributed by atoms with Crippen LogP contribution < -0.4 is 14.4 Å². The first-order valence-electron chi connectivity index (χ1n) is 6.98. The molecular weight excluding hydrogens is 301 g/mol. The molecule has 118 valence electrons. The topological polar surface area (TPSA) is 55.8 Å². The number of anilines is 1. The van der Waals surface area contributed by atoms with Gasteiger partial charge in [-0.1, -0.05) is 0 Å². The van der Waals surface area contributed by atoms with E-state index >= 15 is 0 Å². The van der Waals surface area contributed by atoms with Gasteiger partial charge in [-0.05, 0) is 48.5 Å². The second-order valence-electron chi connectivity index (χ2n) is 5.03. The van der Waals surface area contributed by atoms with Gasteiger partial charge in [0.05, 0.1) is 7.11 Å². The molecule has 3 rings (SSSR count). The van der Waals surface area contributed by atoms with E-state index in [1.54, 1.807) is 31.4 Å². The van der Waals surface area contributed by atoms with Gasteiger partial charge in [0.1, 0.15) is 29.6 Å². The second-order valence-corrected chi connectivity index (χ2v) is 5.03. The average Bonchev–Trinajstić information content (AvgIpc) is 2.59. The monoisotopic (exact) mass is 315 g/mol. The minimum Gasteiger partial charge on any atom is -0.497 e. The van der Waals surface area contributed by atoms with Gasteiger partial charge < -0.3 is 14.3 Å². The third-order valence-corrected chi connectivity index (χ3v) is 3.66. The summed E-state index contributed by atoms with van der Waals surface area (Å²) < 4.78 is 23.5. The molecule has 2 aromatic rings. The standard InChI is InChI=1S/C17H14FNO4/c1-22-13-8-4-12(5-9-13)19-15(10-20)16(17(19)21)23-14-6-2-11(18)3-7-14/h2-10,15-16H,1H3/t15-,16+/m1/s1. The van der Waals surface area contributed by atoms with Crippen LogP contribution in [0.15, 0.2) is 48.5 Å². The molecule has 5 nitrogen and oxygen atoms in total. The normalized spacial score (nSPS) is 19.9. The number of aldehydes is 1. The van der Waals surface area contributed by atoms with Gasteiger partial charge in [0, 0.05) is 5.69 Å². The summed E-state index contributed by atoms with van der Waals surface area (Å²) in [6.45, 7) is 0. The van der Waals surface area contributed by atoms with Crippen molar-refractivity contribution >= 4 is 17.9 Å². The van der Waals surface area contributed by atoms with Crippen molar-refractivity contribution < 1.29 is 23.5 Å². The molecule has 1 aliphatic rings. The van der Waals surface area contributed by atoms with Crippen LogP contribution in [0.25, 0.3) is 0 Å². The van der Waals surface area contributed by atoms with Crippen molar-refractivity contribution in [2.24, 2.45) is 0 Å². The summed E-state index contributed by atoms with van der Waals surface area (Å²) in [6, 6.07) is 11.4. The summed E-state index contributed by atoms with van der Waals surface area (Å²) in [6.07, 6.45) is -0.236. The quantitative estimate of drug-likeness (QED) is 0.627. The number of β-lactam (4-membered cyclic amide) rings is 1. The number of benzene rings is 2. The number of rotatable bonds is 5. The van der Waals surface area contributed by atoms with E-state index in [0.29, 0.717) is 23.5 Å². The molecule has 0 aromatic heterocycles. The molecule has 1 amide bonds. The molecule has 0 aliphatic carbocycles. The van der Waals surface area contributed by atoms with Crippen molar-refractivity contribution in [3.8, 4) is 11.5 Å². The summed E-state index contributed by atoms with van der Waals surface area (Å²) in [5.74, 6) is 0.273. The molecule has 23 heavy (non-hydrogen) atoms. The van der Waals surface area contributed by atoms with Gasteiger partial charge in [0.15, 0.2) is 0 Å². The predicted octanol–water partition coefficient (Wildman–Crippen LogP) is 2.20. The highest BCUT2D eigenvalue weighted by Crippen LogP contribution is 2.31. The van der Waals surface area contributed by atoms with E-state index in [4.69, 9.17) is 9.47 Å². The Morgan fingerprint density at radius 2 is 1.65 bits per heavy atom. The summed E-state index contributed by atoms with van der Waals surface area (Å²) >= 11 is 0. The van der Waals surface area contributed by atoms with Gasteiger partial charge in [-0.2, -0.15) is 0 Å². The maximum Gasteiger partial charge on any atom is 0.271 e. The van der Waals surface area contributed by atoms with Gasteiger partial charge in [-0.15, -0.1) is 0 Å². The largest absolute Gasteiger partial charge is 0.497 e. The van der Waals surface area contributed by atoms with Crippen LogP contribution in [0.3, 0.4) is 0 Å². The van der Waals surface area contributed by atoms with Crippen LogP contribution in [-0.2, 0) is 9.59 Å². The second kappa shape index (κ2) is 6.08. The predicted molar refractivity (Wildman–Crippen MR) is 81.1 cm³/mol. The van der Waals surface area contributed by atoms with Crippen molar-refractivity contribution in [1.82, 2.24) is 0 Å². The SMILES string of the molecule is COc1ccc(N2C(=O)[C@@H](Oc3ccc(F)cc3)[C@H]2C=O)cc1. The van der Waals surface area contributed by atoms with Gasteiger partial charge in [-0.3, -0.25) is 9.69 Å². The summed E-state index contributed by atoms with van der Waals surface area (Å²) in [5.41, 5.74) is 0.590. The Kier molecular flexibility index (Phi) is 3.97. The first-order chi connectivity index (χ1) is 11.1. The van der Waals surface area contributed by atoms with E-state index in [-0.39, 0.29) is 5.91 Å². The molecule has 1 heterocycles. The van der Waals surface area contributed by atoms with E-state index in [0.717, 1.165) is 0 Å². The highest BCUT2D eigenvalue weighted by atomic mass is 19.1. The summed E-state index contributed by atoms with van der Waals surface area (Å²) in [4.78, 5) is 25.0. The Morgan fingerprint density at radius 3 is 2.22 bits per heavy atom. The van der Waals surface area contributed by atoms with E-state index in [1.165, 1.54) is 29.2 Å². The van der Waals surface area contributed by atoms with Crippen LogP contribution in [0.5, 0.6) is 11.5 Å². The number of carbonyl (C=O) groups excluding carboxylic acids is 2. The molecule has 0 radical (unpaired) electrons. The van der Waals surface area contributed by atoms with Crippen LogP contribution in [-0.4, -0.2) is 31.4 Å². The molecule has 0 N–H and O–H groups in total. The Balaban J connectivity index is 1.76. The third kappa shape index (κ3) is 2.75. The zero-order valence-corrected chi connectivity index (χ0v) is 12.3. The lowest BCUT2D eigenvalue weighted by molar-refractivity contribution is -0.138. The lowest BCUT2D eigenvalue weighted by Crippen LogP contribution is -2.68. The Labute approximate surface area is 132 Å². The maximum absolute atomic E-state index is 12.9. The number of amides is 1. The smallest absolute Gasteiger partial charge is 0.271 e. The molecule has 1 saturated heterocycles.